The maximum absolute atomic E-state index is 8.93. The van der Waals surface area contributed by atoms with Crippen LogP contribution < -0.4 is 9.64 Å². The van der Waals surface area contributed by atoms with E-state index < -0.39 is 31.4 Å². The summed E-state index contributed by atoms with van der Waals surface area (Å²) >= 11 is 0. The second kappa shape index (κ2) is 21.1. The van der Waals surface area contributed by atoms with E-state index in [0.29, 0.717) is 39.4 Å². The Labute approximate surface area is 535 Å². The maximum Gasteiger partial charge on any atom is 0.135 e. The van der Waals surface area contributed by atoms with Crippen LogP contribution in [0.3, 0.4) is 0 Å². The third-order valence-electron chi connectivity index (χ3n) is 17.0. The van der Waals surface area contributed by atoms with Crippen LogP contribution in [-0.2, 0) is 48.1 Å². The van der Waals surface area contributed by atoms with Gasteiger partial charge in [0.1, 0.15) is 5.82 Å². The van der Waals surface area contributed by atoms with Crippen molar-refractivity contribution in [3.05, 3.63) is 235 Å². The second-order valence-corrected chi connectivity index (χ2v) is 27.2. The van der Waals surface area contributed by atoms with E-state index in [2.05, 4.69) is 198 Å². The molecule has 0 bridgehead atoms. The summed E-state index contributed by atoms with van der Waals surface area (Å²) in [5.41, 5.74) is 7.53. The summed E-state index contributed by atoms with van der Waals surface area (Å²) in [5, 5.41) is 7.65. The molecule has 0 atom stereocenters. The third kappa shape index (κ3) is 10.4. The number of aromatic nitrogens is 3. The van der Waals surface area contributed by atoms with Crippen molar-refractivity contribution in [3.8, 4) is 39.6 Å². The standard InChI is InChI=1S/C80H77N4O.Pt/c1-76(2,3)53-37-38-81-73(46-53)84-70-31-19-18-27-65(70)66-36-34-60(48-72(66)84)85-59-24-20-23-58(47-59)82-49-83-74-61(52-41-56(79(10,11)12)45-57(42-52)80(13,14)15)28-21-29-67(74)63-26-17-16-25-62(63)64-35-33-50(43-69(64)68-30-22-32-71(82)75(68)83)51-39-54(77(4,5)6)44-55(40-51)78(7,8)9;/h16-46,49H,1-15H3;/q-3;/i10D3,11D3,12D3;. The van der Waals surface area contributed by atoms with Gasteiger partial charge in [-0.15, -0.1) is 35.7 Å². The van der Waals surface area contributed by atoms with E-state index in [0.717, 1.165) is 87.8 Å². The van der Waals surface area contributed by atoms with E-state index in [-0.39, 0.29) is 42.9 Å². The van der Waals surface area contributed by atoms with E-state index in [4.69, 9.17) is 22.1 Å². The van der Waals surface area contributed by atoms with Gasteiger partial charge in [0.05, 0.1) is 0 Å². The third-order valence-corrected chi connectivity index (χ3v) is 17.0. The van der Waals surface area contributed by atoms with Gasteiger partial charge in [-0.3, -0.25) is 0 Å². The average molecular weight is 1310 g/mol. The first-order valence-electron chi connectivity index (χ1n) is 33.9. The molecule has 5 nitrogen and oxygen atoms in total. The number of rotatable bonds is 6. The van der Waals surface area contributed by atoms with Crippen LogP contribution >= 0.6 is 0 Å². The van der Waals surface area contributed by atoms with Crippen molar-refractivity contribution in [1.82, 2.24) is 14.1 Å². The summed E-state index contributed by atoms with van der Waals surface area (Å²) in [4.78, 5) is 7.00. The van der Waals surface area contributed by atoms with Crippen molar-refractivity contribution in [2.24, 2.45) is 0 Å². The molecule has 13 rings (SSSR count). The molecule has 436 valence electrons. The quantitative estimate of drug-likeness (QED) is 0.156. The van der Waals surface area contributed by atoms with Gasteiger partial charge in [0, 0.05) is 62.3 Å². The Hall–Kier alpha value is -8.11. The fourth-order valence-electron chi connectivity index (χ4n) is 12.2. The normalized spacial score (nSPS) is 15.0. The summed E-state index contributed by atoms with van der Waals surface area (Å²) in [7, 11) is 0. The molecule has 9 aromatic carbocycles. The molecule has 0 spiro atoms. The number of hydrogen-bond acceptors (Lipinski definition) is 3. The van der Waals surface area contributed by atoms with Gasteiger partial charge in [-0.1, -0.05) is 236 Å². The fraction of sp³-hybridized carbons (Fsp3) is 0.250. The number of hydrogen-bond donors (Lipinski definition) is 0. The van der Waals surface area contributed by atoms with Crippen molar-refractivity contribution in [3.63, 3.8) is 0 Å². The average Bonchev–Trinajstić information content (AvgIpc) is 0.788. The zero-order valence-corrected chi connectivity index (χ0v) is 53.3. The molecule has 0 saturated heterocycles. The monoisotopic (exact) mass is 1310 g/mol. The Balaban J connectivity index is 0.00000864. The van der Waals surface area contributed by atoms with E-state index in [9.17, 15) is 0 Å². The molecule has 0 fully saturated rings. The van der Waals surface area contributed by atoms with Gasteiger partial charge in [0.2, 0.25) is 0 Å². The minimum atomic E-state index is -3.50. The van der Waals surface area contributed by atoms with Gasteiger partial charge in [0.15, 0.2) is 0 Å². The first-order chi connectivity index (χ1) is 44.0. The molecule has 86 heavy (non-hydrogen) atoms. The molecule has 3 aromatic heterocycles. The molecular weight excluding hydrogens is 1230 g/mol. The van der Waals surface area contributed by atoms with Crippen molar-refractivity contribution in [2.45, 2.75) is 131 Å². The van der Waals surface area contributed by atoms with Crippen LogP contribution in [0.2, 0.25) is 0 Å². The minimum Gasteiger partial charge on any atom is -0.509 e. The van der Waals surface area contributed by atoms with E-state index in [1.165, 1.54) is 23.3 Å². The topological polar surface area (TPSA) is 35.2 Å². The Kier molecular flexibility index (Phi) is 11.8. The van der Waals surface area contributed by atoms with Gasteiger partial charge in [0.25, 0.3) is 0 Å². The van der Waals surface area contributed by atoms with Crippen LogP contribution in [0.4, 0.5) is 11.4 Å². The van der Waals surface area contributed by atoms with Gasteiger partial charge < -0.3 is 18.8 Å². The molecule has 0 unspecified atom stereocenters. The molecule has 4 heterocycles. The molecule has 6 heteroatoms. The predicted octanol–water partition coefficient (Wildman–Crippen LogP) is 22.0. The van der Waals surface area contributed by atoms with Crippen LogP contribution in [0.1, 0.15) is 144 Å². The van der Waals surface area contributed by atoms with Crippen LogP contribution in [0, 0.1) is 18.8 Å². The molecule has 1 aliphatic rings. The summed E-state index contributed by atoms with van der Waals surface area (Å²) in [5.74, 6) is 1.71. The van der Waals surface area contributed by atoms with Gasteiger partial charge in [-0.05, 0) is 163 Å². The molecule has 0 radical (unpaired) electrons. The predicted molar refractivity (Wildman–Crippen MR) is 361 cm³/mol. The molecule has 0 aliphatic carbocycles. The number of nitrogens with zero attached hydrogens (tertiary/aromatic N) is 4. The zero-order chi connectivity index (χ0) is 67.2. The molecule has 0 saturated carbocycles. The second-order valence-electron chi connectivity index (χ2n) is 27.2. The van der Waals surface area contributed by atoms with Crippen molar-refractivity contribution in [2.75, 3.05) is 4.90 Å². The first kappa shape index (κ1) is 48.1. The van der Waals surface area contributed by atoms with Gasteiger partial charge in [-0.2, -0.15) is 12.1 Å². The molecule has 1 aliphatic heterocycles. The Bertz CT molecular complexity index is 5050. The summed E-state index contributed by atoms with van der Waals surface area (Å²) in [6.45, 7) is 17.5. The number of para-hydroxylation sites is 3. The first-order valence-corrected chi connectivity index (χ1v) is 29.4. The van der Waals surface area contributed by atoms with Crippen LogP contribution in [-0.4, -0.2) is 14.1 Å². The largest absolute Gasteiger partial charge is 0.509 e. The van der Waals surface area contributed by atoms with Crippen LogP contribution in [0.5, 0.6) is 11.5 Å². The van der Waals surface area contributed by atoms with Gasteiger partial charge in [-0.25, -0.2) is 4.98 Å². The molecule has 12 aromatic rings. The van der Waals surface area contributed by atoms with Crippen molar-refractivity contribution >= 4 is 76.5 Å². The van der Waals surface area contributed by atoms with Crippen LogP contribution in [0.15, 0.2) is 188 Å². The minimum absolute atomic E-state index is 0. The summed E-state index contributed by atoms with van der Waals surface area (Å²) in [6.07, 6.45) is 1.86. The summed E-state index contributed by atoms with van der Waals surface area (Å²) in [6, 6.07) is 69.0. The van der Waals surface area contributed by atoms with Crippen molar-refractivity contribution in [1.29, 1.82) is 0 Å². The Morgan fingerprint density at radius 1 is 0.430 bits per heavy atom. The zero-order valence-electron chi connectivity index (χ0n) is 60.0. The number of ether oxygens (including phenoxy) is 1. The Morgan fingerprint density at radius 3 is 1.64 bits per heavy atom. The maximum atomic E-state index is 8.93. The van der Waals surface area contributed by atoms with Crippen LogP contribution in [0.25, 0.3) is 93.2 Å². The van der Waals surface area contributed by atoms with Gasteiger partial charge >= 0.3 is 0 Å². The van der Waals surface area contributed by atoms with E-state index in [1.807, 2.05) is 94.3 Å². The molecular formula is C80H77N4OPt-3. The fourth-order valence-corrected chi connectivity index (χ4v) is 12.2. The molecule has 0 amide bonds. The smallest absolute Gasteiger partial charge is 0.135 e. The molecule has 0 N–H and O–H groups in total. The summed E-state index contributed by atoms with van der Waals surface area (Å²) < 4.78 is 91.6. The number of fused-ring (bicyclic) bond motifs is 10. The van der Waals surface area contributed by atoms with E-state index >= 15 is 0 Å². The van der Waals surface area contributed by atoms with E-state index in [1.54, 1.807) is 0 Å². The number of benzene rings is 9. The number of pyridine rings is 1. The Morgan fingerprint density at radius 2 is 0.977 bits per heavy atom. The number of anilines is 2. The SMILES string of the molecule is [2H]C([2H])([2H])C(c1cc(-c2cccc3c4ccccc4c4ccc(-c5cc(C(C)(C)C)cc(C(C)(C)C)c5)cc4c4cccc5c4n(c23)[CH-]N5c2[c-]c(Oc3[c-]c4c(cc3)c3ccccc3n4-c3cc(C(C)(C)C)ccn3)ccc2)cc(C(C)(C)C)c1)(C([2H])([2H])[2H])C([2H])([2H])[2H].[Pt]. The van der Waals surface area contributed by atoms with Crippen molar-refractivity contribution < 1.29 is 38.1 Å².